The van der Waals surface area contributed by atoms with Crippen LogP contribution in [0.1, 0.15) is 0 Å². The van der Waals surface area contributed by atoms with Crippen LogP contribution >= 0.6 is 27.3 Å². The van der Waals surface area contributed by atoms with Gasteiger partial charge in [-0.25, -0.2) is 4.98 Å². The maximum Gasteiger partial charge on any atom is 0.387 e. The Morgan fingerprint density at radius 3 is 3.00 bits per heavy atom. The van der Waals surface area contributed by atoms with Gasteiger partial charge in [0.2, 0.25) is 5.91 Å². The molecule has 1 amide bonds. The van der Waals surface area contributed by atoms with Gasteiger partial charge in [-0.1, -0.05) is 11.3 Å². The molecule has 10 heteroatoms. The zero-order chi connectivity index (χ0) is 16.4. The summed E-state index contributed by atoms with van der Waals surface area (Å²) in [5, 5.41) is 7.02. The Balaban J connectivity index is 1.71. The number of rotatable bonds is 5. The molecule has 0 radical (unpaired) electrons. The predicted molar refractivity (Wildman–Crippen MR) is 84.8 cm³/mol. The molecular formula is C13H9BrF2N4O2S. The zero-order valence-corrected chi connectivity index (χ0v) is 13.8. The smallest absolute Gasteiger partial charge is 0.387 e. The second-order valence-corrected chi connectivity index (χ2v) is 6.38. The number of benzene rings is 1. The molecule has 2 heterocycles. The number of ether oxygens (including phenoxy) is 1. The summed E-state index contributed by atoms with van der Waals surface area (Å²) in [7, 11) is 0. The van der Waals surface area contributed by atoms with Crippen molar-refractivity contribution in [3.05, 3.63) is 35.1 Å². The SMILES string of the molecule is O=C(Cn1cc(Br)cn1)Nc1nc2ccc(OC(F)F)cc2s1. The lowest BCUT2D eigenvalue weighted by molar-refractivity contribution is -0.116. The summed E-state index contributed by atoms with van der Waals surface area (Å²) in [4.78, 5) is 16.2. The lowest BCUT2D eigenvalue weighted by Gasteiger charge is -2.02. The minimum atomic E-state index is -2.88. The molecule has 2 aromatic heterocycles. The van der Waals surface area contributed by atoms with E-state index < -0.39 is 6.61 Å². The van der Waals surface area contributed by atoms with Gasteiger partial charge in [0.1, 0.15) is 12.3 Å². The van der Waals surface area contributed by atoms with Crippen LogP contribution < -0.4 is 10.1 Å². The van der Waals surface area contributed by atoms with Crippen molar-refractivity contribution < 1.29 is 18.3 Å². The zero-order valence-electron chi connectivity index (χ0n) is 11.4. The summed E-state index contributed by atoms with van der Waals surface area (Å²) in [5.74, 6) is -0.237. The number of amides is 1. The second kappa shape index (κ2) is 6.59. The summed E-state index contributed by atoms with van der Waals surface area (Å²) in [5.41, 5.74) is 0.591. The van der Waals surface area contributed by atoms with Crippen LogP contribution in [-0.4, -0.2) is 27.3 Å². The molecule has 3 rings (SSSR count). The van der Waals surface area contributed by atoms with E-state index in [-0.39, 0.29) is 18.2 Å². The van der Waals surface area contributed by atoms with Gasteiger partial charge >= 0.3 is 6.61 Å². The first kappa shape index (κ1) is 15.8. The van der Waals surface area contributed by atoms with Crippen molar-refractivity contribution >= 4 is 48.5 Å². The molecule has 0 aliphatic carbocycles. The van der Waals surface area contributed by atoms with Crippen molar-refractivity contribution in [2.24, 2.45) is 0 Å². The van der Waals surface area contributed by atoms with E-state index in [2.05, 4.69) is 36.1 Å². The monoisotopic (exact) mass is 402 g/mol. The van der Waals surface area contributed by atoms with Gasteiger partial charge in [0, 0.05) is 6.20 Å². The molecule has 1 N–H and O–H groups in total. The van der Waals surface area contributed by atoms with E-state index in [1.54, 1.807) is 18.5 Å². The number of carbonyl (C=O) groups is 1. The van der Waals surface area contributed by atoms with Gasteiger partial charge in [0.25, 0.3) is 0 Å². The highest BCUT2D eigenvalue weighted by molar-refractivity contribution is 9.10. The van der Waals surface area contributed by atoms with E-state index >= 15 is 0 Å². The van der Waals surface area contributed by atoms with Gasteiger partial charge < -0.3 is 10.1 Å². The highest BCUT2D eigenvalue weighted by atomic mass is 79.9. The van der Waals surface area contributed by atoms with Crippen LogP contribution in [0.5, 0.6) is 5.75 Å². The molecule has 23 heavy (non-hydrogen) atoms. The molecule has 0 fully saturated rings. The number of aromatic nitrogens is 3. The minimum absolute atomic E-state index is 0.0429. The van der Waals surface area contributed by atoms with Crippen LogP contribution in [0.4, 0.5) is 13.9 Å². The first-order valence-electron chi connectivity index (χ1n) is 6.33. The van der Waals surface area contributed by atoms with Gasteiger partial charge in [-0.05, 0) is 34.1 Å². The highest BCUT2D eigenvalue weighted by Gasteiger charge is 2.11. The number of thiazole rings is 1. The number of halogens is 3. The summed E-state index contributed by atoms with van der Waals surface area (Å²) < 4.78 is 31.6. The minimum Gasteiger partial charge on any atom is -0.435 e. The van der Waals surface area contributed by atoms with Gasteiger partial charge in [0.05, 0.1) is 20.9 Å². The first-order valence-corrected chi connectivity index (χ1v) is 7.94. The maximum atomic E-state index is 12.2. The average Bonchev–Trinajstić information content (AvgIpc) is 3.03. The van der Waals surface area contributed by atoms with Crippen LogP contribution in [0.3, 0.4) is 0 Å². The van der Waals surface area contributed by atoms with Gasteiger partial charge in [0.15, 0.2) is 5.13 Å². The number of carbonyl (C=O) groups excluding carboxylic acids is 1. The van der Waals surface area contributed by atoms with E-state index in [9.17, 15) is 13.6 Å². The second-order valence-electron chi connectivity index (χ2n) is 4.43. The lowest BCUT2D eigenvalue weighted by atomic mass is 10.3. The number of alkyl halides is 2. The van der Waals surface area contributed by atoms with Crippen molar-refractivity contribution in [3.63, 3.8) is 0 Å². The number of nitrogens with zero attached hydrogens (tertiary/aromatic N) is 3. The first-order chi connectivity index (χ1) is 11.0. The molecule has 0 atom stereocenters. The highest BCUT2D eigenvalue weighted by Crippen LogP contribution is 2.29. The van der Waals surface area contributed by atoms with Crippen LogP contribution in [0.25, 0.3) is 10.2 Å². The Kier molecular flexibility index (Phi) is 4.53. The molecule has 0 bridgehead atoms. The van der Waals surface area contributed by atoms with E-state index in [1.165, 1.54) is 28.2 Å². The lowest BCUT2D eigenvalue weighted by Crippen LogP contribution is -2.18. The van der Waals surface area contributed by atoms with Crippen molar-refractivity contribution in [2.45, 2.75) is 13.2 Å². The number of anilines is 1. The fraction of sp³-hybridized carbons (Fsp3) is 0.154. The number of hydrogen-bond donors (Lipinski definition) is 1. The molecule has 1 aromatic carbocycles. The molecule has 120 valence electrons. The van der Waals surface area contributed by atoms with Gasteiger partial charge in [-0.3, -0.25) is 9.48 Å². The number of nitrogens with one attached hydrogen (secondary N) is 1. The average molecular weight is 403 g/mol. The molecule has 0 spiro atoms. The van der Waals surface area contributed by atoms with E-state index in [0.29, 0.717) is 15.3 Å². The number of fused-ring (bicyclic) bond motifs is 1. The summed E-state index contributed by atoms with van der Waals surface area (Å²) in [6.07, 6.45) is 3.25. The van der Waals surface area contributed by atoms with E-state index in [1.807, 2.05) is 0 Å². The Hall–Kier alpha value is -2.07. The third-order valence-electron chi connectivity index (χ3n) is 2.74. The molecule has 3 aromatic rings. The summed E-state index contributed by atoms with van der Waals surface area (Å²) >= 11 is 4.42. The van der Waals surface area contributed by atoms with Crippen molar-refractivity contribution in [2.75, 3.05) is 5.32 Å². The van der Waals surface area contributed by atoms with Crippen molar-refractivity contribution in [1.29, 1.82) is 0 Å². The fourth-order valence-corrected chi connectivity index (χ4v) is 3.10. The van der Waals surface area contributed by atoms with Gasteiger partial charge in [-0.15, -0.1) is 0 Å². The third-order valence-corrected chi connectivity index (χ3v) is 4.08. The Morgan fingerprint density at radius 1 is 1.48 bits per heavy atom. The third kappa shape index (κ3) is 4.02. The van der Waals surface area contributed by atoms with Crippen molar-refractivity contribution in [3.8, 4) is 5.75 Å². The largest absolute Gasteiger partial charge is 0.435 e. The quantitative estimate of drug-likeness (QED) is 0.708. The number of hydrogen-bond acceptors (Lipinski definition) is 5. The maximum absolute atomic E-state index is 12.2. The van der Waals surface area contributed by atoms with Crippen LogP contribution in [0.2, 0.25) is 0 Å². The Labute approximate surface area is 141 Å². The summed E-state index contributed by atoms with van der Waals surface area (Å²) in [6.45, 7) is -2.84. The molecule has 0 saturated heterocycles. The standard InChI is InChI=1S/C13H9BrF2N4O2S/c14-7-4-17-20(5-7)6-11(21)19-13-18-9-2-1-8(22-12(15)16)3-10(9)23-13/h1-5,12H,6H2,(H,18,19,21). The van der Waals surface area contributed by atoms with Crippen LogP contribution in [0.15, 0.2) is 35.1 Å². The normalized spacial score (nSPS) is 11.1. The Bertz CT molecular complexity index is 851. The molecule has 0 aliphatic rings. The molecular weight excluding hydrogens is 394 g/mol. The fourth-order valence-electron chi connectivity index (χ4n) is 1.87. The van der Waals surface area contributed by atoms with E-state index in [4.69, 9.17) is 0 Å². The van der Waals surface area contributed by atoms with E-state index in [0.717, 1.165) is 4.47 Å². The molecule has 0 aliphatic heterocycles. The van der Waals surface area contributed by atoms with Crippen LogP contribution in [-0.2, 0) is 11.3 Å². The summed E-state index contributed by atoms with van der Waals surface area (Å²) in [6, 6.07) is 4.42. The molecule has 0 unspecified atom stereocenters. The Morgan fingerprint density at radius 2 is 2.30 bits per heavy atom. The molecule has 6 nitrogen and oxygen atoms in total. The molecule has 0 saturated carbocycles. The topological polar surface area (TPSA) is 69.0 Å². The predicted octanol–water partition coefficient (Wildman–Crippen LogP) is 3.50. The van der Waals surface area contributed by atoms with Crippen LogP contribution in [0, 0.1) is 0 Å². The van der Waals surface area contributed by atoms with Crippen molar-refractivity contribution in [1.82, 2.24) is 14.8 Å². The van der Waals surface area contributed by atoms with Gasteiger partial charge in [-0.2, -0.15) is 13.9 Å².